The first kappa shape index (κ1) is 16.1. The summed E-state index contributed by atoms with van der Waals surface area (Å²) in [6.45, 7) is 3.21. The van der Waals surface area contributed by atoms with E-state index in [-0.39, 0.29) is 5.60 Å². The summed E-state index contributed by atoms with van der Waals surface area (Å²) in [5.41, 5.74) is 1.92. The van der Waals surface area contributed by atoms with Gasteiger partial charge in [-0.2, -0.15) is 0 Å². The molecule has 0 saturated heterocycles. The first-order valence-electron chi connectivity index (χ1n) is 7.77. The Morgan fingerprint density at radius 3 is 2.52 bits per heavy atom. The van der Waals surface area contributed by atoms with E-state index in [0.29, 0.717) is 13.2 Å². The second-order valence-corrected chi connectivity index (χ2v) is 7.00. The average molecular weight is 327 g/mol. The van der Waals surface area contributed by atoms with E-state index in [4.69, 9.17) is 9.57 Å². The number of ether oxygens (including phenoxy) is 1. The summed E-state index contributed by atoms with van der Waals surface area (Å²) >= 11 is 1.79. The fraction of sp³-hybridized carbons (Fsp3) is 0.316. The zero-order valence-corrected chi connectivity index (χ0v) is 14.1. The maximum absolute atomic E-state index is 5.81. The molecular formula is C19H21NO2S. The third kappa shape index (κ3) is 4.85. The van der Waals surface area contributed by atoms with E-state index >= 15 is 0 Å². The van der Waals surface area contributed by atoms with Gasteiger partial charge in [0.2, 0.25) is 0 Å². The van der Waals surface area contributed by atoms with E-state index in [1.54, 1.807) is 11.8 Å². The third-order valence-electron chi connectivity index (χ3n) is 3.64. The van der Waals surface area contributed by atoms with E-state index in [2.05, 4.69) is 48.5 Å². The number of nitrogens with zero attached hydrogens (tertiary/aromatic N) is 1. The van der Waals surface area contributed by atoms with Gasteiger partial charge in [-0.05, 0) is 24.6 Å². The van der Waals surface area contributed by atoms with Crippen LogP contribution in [0.1, 0.15) is 18.9 Å². The van der Waals surface area contributed by atoms with Crippen LogP contribution in [0.5, 0.6) is 0 Å². The van der Waals surface area contributed by atoms with Gasteiger partial charge in [0, 0.05) is 17.1 Å². The second-order valence-electron chi connectivity index (χ2n) is 5.96. The molecule has 120 valence electrons. The van der Waals surface area contributed by atoms with Crippen LogP contribution in [0.25, 0.3) is 0 Å². The molecule has 23 heavy (non-hydrogen) atoms. The van der Waals surface area contributed by atoms with Gasteiger partial charge < -0.3 is 9.57 Å². The molecule has 0 saturated carbocycles. The Kier molecular flexibility index (Phi) is 5.36. The molecule has 0 fully saturated rings. The Balaban J connectivity index is 1.42. The molecule has 0 N–H and O–H groups in total. The summed E-state index contributed by atoms with van der Waals surface area (Å²) in [4.78, 5) is 6.88. The van der Waals surface area contributed by atoms with Crippen LogP contribution in [0.4, 0.5) is 0 Å². The van der Waals surface area contributed by atoms with Crippen molar-refractivity contribution in [3.63, 3.8) is 0 Å². The molecule has 1 aliphatic heterocycles. The molecule has 1 aliphatic rings. The van der Waals surface area contributed by atoms with Crippen LogP contribution < -0.4 is 0 Å². The molecule has 0 amide bonds. The molecule has 0 aliphatic carbocycles. The minimum absolute atomic E-state index is 0.346. The average Bonchev–Trinajstić information content (AvgIpc) is 2.96. The van der Waals surface area contributed by atoms with Crippen LogP contribution in [0, 0.1) is 0 Å². The summed E-state index contributed by atoms with van der Waals surface area (Å²) in [6.07, 6.45) is 0.821. The van der Waals surface area contributed by atoms with Gasteiger partial charge in [0.25, 0.3) is 0 Å². The Hall–Kier alpha value is -1.78. The molecule has 3 nitrogen and oxygen atoms in total. The van der Waals surface area contributed by atoms with Crippen LogP contribution in [0.3, 0.4) is 0 Å². The van der Waals surface area contributed by atoms with Crippen molar-refractivity contribution in [2.75, 3.05) is 12.4 Å². The van der Waals surface area contributed by atoms with Crippen LogP contribution >= 0.6 is 11.8 Å². The lowest BCUT2D eigenvalue weighted by Crippen LogP contribution is -2.31. The highest BCUT2D eigenvalue weighted by Gasteiger charge is 2.34. The zero-order valence-electron chi connectivity index (χ0n) is 13.3. The fourth-order valence-corrected chi connectivity index (χ4v) is 3.31. The topological polar surface area (TPSA) is 30.8 Å². The van der Waals surface area contributed by atoms with Gasteiger partial charge in [0.15, 0.2) is 5.60 Å². The number of oxime groups is 1. The molecule has 3 rings (SSSR count). The molecule has 1 heterocycles. The molecule has 2 aromatic rings. The highest BCUT2D eigenvalue weighted by Crippen LogP contribution is 2.27. The summed E-state index contributed by atoms with van der Waals surface area (Å²) in [7, 11) is 0. The maximum Gasteiger partial charge on any atom is 0.163 e. The van der Waals surface area contributed by atoms with Crippen LogP contribution in [-0.2, 0) is 16.2 Å². The molecule has 1 unspecified atom stereocenters. The van der Waals surface area contributed by atoms with E-state index in [0.717, 1.165) is 17.9 Å². The molecule has 0 radical (unpaired) electrons. The molecule has 0 bridgehead atoms. The largest absolute Gasteiger partial charge is 0.387 e. The van der Waals surface area contributed by atoms with Crippen LogP contribution in [0.15, 0.2) is 70.7 Å². The van der Waals surface area contributed by atoms with Gasteiger partial charge in [-0.15, -0.1) is 11.8 Å². The lowest BCUT2D eigenvalue weighted by atomic mass is 10.0. The first-order valence-corrected chi connectivity index (χ1v) is 8.76. The summed E-state index contributed by atoms with van der Waals surface area (Å²) in [5.74, 6) is 0.859. The Morgan fingerprint density at radius 2 is 1.78 bits per heavy atom. The fourth-order valence-electron chi connectivity index (χ4n) is 2.47. The highest BCUT2D eigenvalue weighted by molar-refractivity contribution is 8.00. The number of benzene rings is 2. The first-order chi connectivity index (χ1) is 11.2. The summed E-state index contributed by atoms with van der Waals surface area (Å²) in [5, 5.41) is 4.25. The van der Waals surface area contributed by atoms with E-state index in [9.17, 15) is 0 Å². The maximum atomic E-state index is 5.81. The van der Waals surface area contributed by atoms with Crippen molar-refractivity contribution in [2.24, 2.45) is 5.16 Å². The SMILES string of the molecule is CC1(COCc2ccccc2)CC(CSc2ccccc2)=NO1. The van der Waals surface area contributed by atoms with Crippen molar-refractivity contribution in [3.05, 3.63) is 66.2 Å². The highest BCUT2D eigenvalue weighted by atomic mass is 32.2. The van der Waals surface area contributed by atoms with Gasteiger partial charge in [-0.3, -0.25) is 0 Å². The molecular weight excluding hydrogens is 306 g/mol. The molecule has 2 aromatic carbocycles. The van der Waals surface area contributed by atoms with Crippen molar-refractivity contribution in [2.45, 2.75) is 30.4 Å². The Bertz CT molecular complexity index is 645. The Morgan fingerprint density at radius 1 is 1.09 bits per heavy atom. The number of rotatable bonds is 7. The standard InChI is InChI=1S/C19H21NO2S/c1-19(15-21-13-16-8-4-2-5-9-16)12-17(20-22-19)14-23-18-10-6-3-7-11-18/h2-11H,12-15H2,1H3. The van der Waals surface area contributed by atoms with Gasteiger partial charge in [0.05, 0.1) is 18.9 Å². The molecule has 4 heteroatoms. The minimum atomic E-state index is -0.346. The lowest BCUT2D eigenvalue weighted by molar-refractivity contribution is -0.0709. The second kappa shape index (κ2) is 7.66. The number of hydrogen-bond acceptors (Lipinski definition) is 4. The molecule has 0 aromatic heterocycles. The molecule has 0 spiro atoms. The number of hydrogen-bond donors (Lipinski definition) is 0. The number of thioether (sulfide) groups is 1. The van der Waals surface area contributed by atoms with Crippen LogP contribution in [-0.4, -0.2) is 23.7 Å². The monoisotopic (exact) mass is 327 g/mol. The minimum Gasteiger partial charge on any atom is -0.387 e. The molecule has 1 atom stereocenters. The van der Waals surface area contributed by atoms with Crippen molar-refractivity contribution in [3.8, 4) is 0 Å². The van der Waals surface area contributed by atoms with Gasteiger partial charge in [-0.25, -0.2) is 0 Å². The lowest BCUT2D eigenvalue weighted by Gasteiger charge is -2.21. The zero-order chi connectivity index (χ0) is 16.0. The normalized spacial score (nSPS) is 20.1. The van der Waals surface area contributed by atoms with Crippen molar-refractivity contribution < 1.29 is 9.57 Å². The quantitative estimate of drug-likeness (QED) is 0.700. The van der Waals surface area contributed by atoms with Crippen molar-refractivity contribution >= 4 is 17.5 Å². The van der Waals surface area contributed by atoms with Crippen molar-refractivity contribution in [1.82, 2.24) is 0 Å². The van der Waals surface area contributed by atoms with E-state index in [1.165, 1.54) is 10.5 Å². The smallest absolute Gasteiger partial charge is 0.163 e. The Labute approximate surface area is 141 Å². The van der Waals surface area contributed by atoms with Gasteiger partial charge >= 0.3 is 0 Å². The van der Waals surface area contributed by atoms with E-state index < -0.39 is 0 Å². The third-order valence-corrected chi connectivity index (χ3v) is 4.72. The van der Waals surface area contributed by atoms with Crippen LogP contribution in [0.2, 0.25) is 0 Å². The predicted octanol–water partition coefficient (Wildman–Crippen LogP) is 4.53. The van der Waals surface area contributed by atoms with Gasteiger partial charge in [0.1, 0.15) is 0 Å². The summed E-state index contributed by atoms with van der Waals surface area (Å²) < 4.78 is 5.81. The summed E-state index contributed by atoms with van der Waals surface area (Å²) in [6, 6.07) is 20.5. The van der Waals surface area contributed by atoms with Crippen molar-refractivity contribution in [1.29, 1.82) is 0 Å². The predicted molar refractivity (Wildman–Crippen MR) is 94.8 cm³/mol. The van der Waals surface area contributed by atoms with Gasteiger partial charge in [-0.1, -0.05) is 53.7 Å². The van der Waals surface area contributed by atoms with E-state index in [1.807, 2.05) is 24.3 Å².